The topological polar surface area (TPSA) is 64.1 Å². The Morgan fingerprint density at radius 1 is 1.12 bits per heavy atom. The lowest BCUT2D eigenvalue weighted by Gasteiger charge is -2.14. The van der Waals surface area contributed by atoms with Crippen molar-refractivity contribution < 1.29 is 9.53 Å². The second-order valence-corrected chi connectivity index (χ2v) is 9.51. The summed E-state index contributed by atoms with van der Waals surface area (Å²) in [6, 6.07) is 14.9. The molecule has 0 spiro atoms. The fraction of sp³-hybridized carbons (Fsp3) is 0.269. The highest BCUT2D eigenvalue weighted by atomic mass is 32.1. The molecule has 5 nitrogen and oxygen atoms in total. The van der Waals surface area contributed by atoms with Crippen LogP contribution in [-0.4, -0.2) is 28.5 Å². The molecule has 6 heteroatoms. The number of aryl methyl sites for hydroxylation is 3. The van der Waals surface area contributed by atoms with Gasteiger partial charge in [0.1, 0.15) is 11.9 Å². The van der Waals surface area contributed by atoms with Crippen molar-refractivity contribution in [1.82, 2.24) is 15.3 Å². The molecule has 1 N–H and O–H groups in total. The number of carbonyl (C=O) groups is 1. The van der Waals surface area contributed by atoms with Gasteiger partial charge in [-0.05, 0) is 61.7 Å². The van der Waals surface area contributed by atoms with Gasteiger partial charge < -0.3 is 10.1 Å². The molecule has 0 radical (unpaired) electrons. The van der Waals surface area contributed by atoms with Crippen LogP contribution in [-0.2, 0) is 17.6 Å². The molecule has 5 rings (SSSR count). The van der Waals surface area contributed by atoms with E-state index in [1.54, 1.807) is 11.3 Å². The summed E-state index contributed by atoms with van der Waals surface area (Å²) >= 11 is 1.56. The number of hydrogen-bond acceptors (Lipinski definition) is 5. The normalized spacial score (nSPS) is 14.9. The summed E-state index contributed by atoms with van der Waals surface area (Å²) in [5.74, 6) is 0.896. The van der Waals surface area contributed by atoms with E-state index in [1.165, 1.54) is 11.1 Å². The molecular weight excluding hydrogens is 418 g/mol. The molecule has 32 heavy (non-hydrogen) atoms. The summed E-state index contributed by atoms with van der Waals surface area (Å²) in [5, 5.41) is 7.04. The van der Waals surface area contributed by atoms with E-state index in [9.17, 15) is 4.79 Å². The standard InChI is InChI=1S/C26H25N3O2S/c1-15-8-20-11-22(13-27-25(30)12-21-14-32-17(3)29-21)31-26(20)23(9-15)18-6-7-24-19(10-18)5-4-16(2)28-24/h4-10,14,22H,11-13H2,1-3H3,(H,27,30)/t22-/m1/s1. The number of ether oxygens (including phenoxy) is 1. The summed E-state index contributed by atoms with van der Waals surface area (Å²) in [6.07, 6.45) is 1.02. The molecule has 0 aliphatic carbocycles. The Labute approximate surface area is 191 Å². The van der Waals surface area contributed by atoms with Gasteiger partial charge in [0.2, 0.25) is 5.91 Å². The highest BCUT2D eigenvalue weighted by Crippen LogP contribution is 2.40. The first kappa shape index (κ1) is 20.6. The zero-order valence-corrected chi connectivity index (χ0v) is 19.3. The van der Waals surface area contributed by atoms with E-state index in [1.807, 2.05) is 25.3 Å². The fourth-order valence-corrected chi connectivity index (χ4v) is 4.87. The molecular formula is C26H25N3O2S. The van der Waals surface area contributed by atoms with Gasteiger partial charge in [-0.3, -0.25) is 9.78 Å². The van der Waals surface area contributed by atoms with E-state index >= 15 is 0 Å². The molecule has 0 bridgehead atoms. The van der Waals surface area contributed by atoms with Gasteiger partial charge in [-0.25, -0.2) is 4.98 Å². The molecule has 2 aromatic heterocycles. The zero-order chi connectivity index (χ0) is 22.2. The van der Waals surface area contributed by atoms with Crippen LogP contribution < -0.4 is 10.1 Å². The zero-order valence-electron chi connectivity index (χ0n) is 18.4. The minimum absolute atomic E-state index is 0.0245. The summed E-state index contributed by atoms with van der Waals surface area (Å²) in [4.78, 5) is 21.3. The van der Waals surface area contributed by atoms with E-state index in [4.69, 9.17) is 4.74 Å². The Morgan fingerprint density at radius 3 is 2.81 bits per heavy atom. The van der Waals surface area contributed by atoms with Crippen LogP contribution >= 0.6 is 11.3 Å². The van der Waals surface area contributed by atoms with E-state index in [0.29, 0.717) is 13.0 Å². The van der Waals surface area contributed by atoms with Gasteiger partial charge in [0.05, 0.1) is 29.2 Å². The van der Waals surface area contributed by atoms with E-state index in [2.05, 4.69) is 58.6 Å². The minimum Gasteiger partial charge on any atom is -0.487 e. The Balaban J connectivity index is 1.33. The van der Waals surface area contributed by atoms with Crippen LogP contribution in [0.3, 0.4) is 0 Å². The van der Waals surface area contributed by atoms with Crippen molar-refractivity contribution in [3.05, 3.63) is 75.4 Å². The van der Waals surface area contributed by atoms with Crippen molar-refractivity contribution in [1.29, 1.82) is 0 Å². The maximum Gasteiger partial charge on any atom is 0.226 e. The second kappa shape index (κ2) is 8.36. The largest absolute Gasteiger partial charge is 0.487 e. The summed E-state index contributed by atoms with van der Waals surface area (Å²) in [6.45, 7) is 6.55. The monoisotopic (exact) mass is 443 g/mol. The van der Waals surface area contributed by atoms with Gasteiger partial charge in [0.15, 0.2) is 0 Å². The Morgan fingerprint density at radius 2 is 2.00 bits per heavy atom. The molecule has 162 valence electrons. The summed E-state index contributed by atoms with van der Waals surface area (Å²) in [5.41, 5.74) is 7.43. The van der Waals surface area contributed by atoms with Gasteiger partial charge in [0, 0.05) is 28.4 Å². The third-order valence-corrected chi connectivity index (χ3v) is 6.54. The number of nitrogens with one attached hydrogen (secondary N) is 1. The Kier molecular flexibility index (Phi) is 5.39. The lowest BCUT2D eigenvalue weighted by atomic mass is 9.96. The summed E-state index contributed by atoms with van der Waals surface area (Å²) < 4.78 is 6.34. The van der Waals surface area contributed by atoms with Crippen molar-refractivity contribution in [3.63, 3.8) is 0 Å². The molecule has 1 atom stereocenters. The molecule has 4 aromatic rings. The lowest BCUT2D eigenvalue weighted by molar-refractivity contribution is -0.120. The maximum absolute atomic E-state index is 12.3. The first-order chi connectivity index (χ1) is 15.4. The van der Waals surface area contributed by atoms with Gasteiger partial charge in [-0.15, -0.1) is 11.3 Å². The van der Waals surface area contributed by atoms with Crippen molar-refractivity contribution >= 4 is 28.1 Å². The molecule has 0 saturated heterocycles. The number of benzene rings is 2. The van der Waals surface area contributed by atoms with Gasteiger partial charge >= 0.3 is 0 Å². The van der Waals surface area contributed by atoms with Crippen LogP contribution in [0.1, 0.15) is 27.5 Å². The quantitative estimate of drug-likeness (QED) is 0.474. The number of rotatable bonds is 5. The molecule has 0 fully saturated rings. The number of fused-ring (bicyclic) bond motifs is 2. The number of carbonyl (C=O) groups excluding carboxylic acids is 1. The van der Waals surface area contributed by atoms with Gasteiger partial charge in [-0.1, -0.05) is 18.2 Å². The number of thiazole rings is 1. The van der Waals surface area contributed by atoms with Crippen molar-refractivity contribution in [2.24, 2.45) is 0 Å². The average Bonchev–Trinajstić information content (AvgIpc) is 3.36. The SMILES string of the molecule is Cc1cc2c(c(-c3ccc4nc(C)ccc4c3)c1)O[C@@H](CNC(=O)Cc1csc(C)n1)C2. The lowest BCUT2D eigenvalue weighted by Crippen LogP contribution is -2.35. The van der Waals surface area contributed by atoms with Crippen LogP contribution in [0.25, 0.3) is 22.0 Å². The summed E-state index contributed by atoms with van der Waals surface area (Å²) in [7, 11) is 0. The second-order valence-electron chi connectivity index (χ2n) is 8.44. The van der Waals surface area contributed by atoms with Crippen molar-refractivity contribution in [2.45, 2.75) is 39.7 Å². The molecule has 0 saturated carbocycles. The molecule has 1 aliphatic heterocycles. The van der Waals surface area contributed by atoms with Crippen LogP contribution in [0.5, 0.6) is 5.75 Å². The Hall–Kier alpha value is -3.25. The van der Waals surface area contributed by atoms with Crippen LogP contribution in [0, 0.1) is 20.8 Å². The van der Waals surface area contributed by atoms with Crippen molar-refractivity contribution in [2.75, 3.05) is 6.54 Å². The van der Waals surface area contributed by atoms with Crippen LogP contribution in [0.15, 0.2) is 47.8 Å². The molecule has 1 amide bonds. The van der Waals surface area contributed by atoms with E-state index in [0.717, 1.165) is 50.6 Å². The fourth-order valence-electron chi connectivity index (χ4n) is 4.26. The third kappa shape index (κ3) is 4.23. The number of hydrogen-bond donors (Lipinski definition) is 1. The van der Waals surface area contributed by atoms with Crippen molar-refractivity contribution in [3.8, 4) is 16.9 Å². The highest BCUT2D eigenvalue weighted by Gasteiger charge is 2.27. The number of amides is 1. The average molecular weight is 444 g/mol. The molecule has 0 unspecified atom stereocenters. The van der Waals surface area contributed by atoms with E-state index in [-0.39, 0.29) is 12.0 Å². The predicted octanol–water partition coefficient (Wildman–Crippen LogP) is 4.95. The minimum atomic E-state index is -0.0727. The molecule has 1 aliphatic rings. The third-order valence-electron chi connectivity index (χ3n) is 5.72. The van der Waals surface area contributed by atoms with Gasteiger partial charge in [-0.2, -0.15) is 0 Å². The molecule has 2 aromatic carbocycles. The smallest absolute Gasteiger partial charge is 0.226 e. The highest BCUT2D eigenvalue weighted by molar-refractivity contribution is 7.09. The van der Waals surface area contributed by atoms with Crippen LogP contribution in [0.2, 0.25) is 0 Å². The van der Waals surface area contributed by atoms with Crippen LogP contribution in [0.4, 0.5) is 0 Å². The number of nitrogens with zero attached hydrogens (tertiary/aromatic N) is 2. The maximum atomic E-state index is 12.3. The molecule has 3 heterocycles. The Bertz CT molecular complexity index is 1330. The van der Waals surface area contributed by atoms with Gasteiger partial charge in [0.25, 0.3) is 0 Å². The number of pyridine rings is 1. The predicted molar refractivity (Wildman–Crippen MR) is 128 cm³/mol. The number of aromatic nitrogens is 2. The first-order valence-electron chi connectivity index (χ1n) is 10.8. The first-order valence-corrected chi connectivity index (χ1v) is 11.7. The van der Waals surface area contributed by atoms with E-state index < -0.39 is 0 Å².